The van der Waals surface area contributed by atoms with Gasteiger partial charge in [-0.15, -0.1) is 0 Å². The van der Waals surface area contributed by atoms with Crippen molar-refractivity contribution in [3.63, 3.8) is 0 Å². The number of Topliss-reactive ketones (excluding diaryl/α,β-unsaturated/α-hetero) is 1. The van der Waals surface area contributed by atoms with E-state index in [1.807, 2.05) is 27.7 Å². The van der Waals surface area contributed by atoms with Crippen molar-refractivity contribution in [1.82, 2.24) is 0 Å². The highest BCUT2D eigenvalue weighted by Crippen LogP contribution is 2.24. The summed E-state index contributed by atoms with van der Waals surface area (Å²) in [5, 5.41) is 0. The molecule has 0 aromatic carbocycles. The summed E-state index contributed by atoms with van der Waals surface area (Å²) in [4.78, 5) is 23.4. The lowest BCUT2D eigenvalue weighted by atomic mass is 9.93. The van der Waals surface area contributed by atoms with Crippen molar-refractivity contribution in [2.45, 2.75) is 71.5 Å². The van der Waals surface area contributed by atoms with Gasteiger partial charge in [-0.25, -0.2) is 0 Å². The van der Waals surface area contributed by atoms with E-state index in [1.165, 1.54) is 0 Å². The zero-order chi connectivity index (χ0) is 14.5. The van der Waals surface area contributed by atoms with Crippen molar-refractivity contribution in [1.29, 1.82) is 0 Å². The molecule has 0 aromatic rings. The van der Waals surface area contributed by atoms with Crippen LogP contribution in [0.3, 0.4) is 0 Å². The Morgan fingerprint density at radius 1 is 1.26 bits per heavy atom. The van der Waals surface area contributed by atoms with Crippen molar-refractivity contribution in [3.8, 4) is 0 Å². The summed E-state index contributed by atoms with van der Waals surface area (Å²) in [6, 6.07) is 0. The highest BCUT2D eigenvalue weighted by Gasteiger charge is 2.28. The molecular weight excluding hydrogens is 244 g/mol. The Morgan fingerprint density at radius 3 is 2.42 bits per heavy atom. The van der Waals surface area contributed by atoms with E-state index in [-0.39, 0.29) is 23.8 Å². The Labute approximate surface area is 115 Å². The molecule has 0 aromatic heterocycles. The van der Waals surface area contributed by atoms with Gasteiger partial charge in [0.15, 0.2) is 5.78 Å². The van der Waals surface area contributed by atoms with Crippen LogP contribution in [-0.4, -0.2) is 30.1 Å². The van der Waals surface area contributed by atoms with Gasteiger partial charge in [0.1, 0.15) is 11.7 Å². The molecule has 1 rings (SSSR count). The molecule has 110 valence electrons. The molecule has 4 nitrogen and oxygen atoms in total. The van der Waals surface area contributed by atoms with Gasteiger partial charge in [0, 0.05) is 6.42 Å². The lowest BCUT2D eigenvalue weighted by Gasteiger charge is -2.28. The van der Waals surface area contributed by atoms with Crippen LogP contribution in [0.25, 0.3) is 0 Å². The summed E-state index contributed by atoms with van der Waals surface area (Å²) in [6.45, 7) is 8.07. The smallest absolute Gasteiger partial charge is 0.306 e. The van der Waals surface area contributed by atoms with Crippen LogP contribution in [0, 0.1) is 5.92 Å². The predicted molar refractivity (Wildman–Crippen MR) is 72.8 cm³/mol. The molecule has 0 spiro atoms. The van der Waals surface area contributed by atoms with Crippen molar-refractivity contribution < 1.29 is 19.1 Å². The van der Waals surface area contributed by atoms with Crippen LogP contribution >= 0.6 is 0 Å². The number of hydrogen-bond donors (Lipinski definition) is 0. The van der Waals surface area contributed by atoms with Crippen molar-refractivity contribution in [3.05, 3.63) is 0 Å². The Kier molecular flexibility index (Phi) is 5.98. The second-order valence-corrected chi connectivity index (χ2v) is 6.27. The SMILES string of the molecule is CCCC(=O)[C@@H]1CC[C@@H](CC(=O)OC(C)(C)C)CO1. The first kappa shape index (κ1) is 16.2. The highest BCUT2D eigenvalue weighted by molar-refractivity contribution is 5.83. The second kappa shape index (κ2) is 7.04. The summed E-state index contributed by atoms with van der Waals surface area (Å²) >= 11 is 0. The topological polar surface area (TPSA) is 52.6 Å². The molecule has 2 atom stereocenters. The predicted octanol–water partition coefficient (Wildman–Crippen LogP) is 2.88. The van der Waals surface area contributed by atoms with Gasteiger partial charge in [-0.3, -0.25) is 9.59 Å². The third-order valence-electron chi connectivity index (χ3n) is 3.10. The minimum Gasteiger partial charge on any atom is -0.460 e. The first-order valence-corrected chi connectivity index (χ1v) is 7.18. The highest BCUT2D eigenvalue weighted by atomic mass is 16.6. The molecule has 0 amide bonds. The Morgan fingerprint density at radius 2 is 1.95 bits per heavy atom. The summed E-state index contributed by atoms with van der Waals surface area (Å²) in [5.74, 6) is 0.193. The molecule has 1 aliphatic heterocycles. The van der Waals surface area contributed by atoms with Crippen molar-refractivity contribution in [2.24, 2.45) is 5.92 Å². The largest absolute Gasteiger partial charge is 0.460 e. The summed E-state index contributed by atoms with van der Waals surface area (Å²) in [5.41, 5.74) is -0.438. The van der Waals surface area contributed by atoms with E-state index in [9.17, 15) is 9.59 Å². The number of carbonyl (C=O) groups excluding carboxylic acids is 2. The Hall–Kier alpha value is -0.900. The average Bonchev–Trinajstić information content (AvgIpc) is 2.27. The van der Waals surface area contributed by atoms with Gasteiger partial charge in [-0.1, -0.05) is 6.92 Å². The monoisotopic (exact) mass is 270 g/mol. The van der Waals surface area contributed by atoms with Gasteiger partial charge in [-0.2, -0.15) is 0 Å². The van der Waals surface area contributed by atoms with Crippen LogP contribution in [0.15, 0.2) is 0 Å². The normalized spacial score (nSPS) is 24.0. The maximum Gasteiger partial charge on any atom is 0.306 e. The molecule has 1 aliphatic rings. The zero-order valence-corrected chi connectivity index (χ0v) is 12.5. The summed E-state index contributed by atoms with van der Waals surface area (Å²) < 4.78 is 10.9. The van der Waals surface area contributed by atoms with Gasteiger partial charge < -0.3 is 9.47 Å². The van der Waals surface area contributed by atoms with E-state index in [0.29, 0.717) is 19.4 Å². The number of rotatable bonds is 5. The van der Waals surface area contributed by atoms with E-state index < -0.39 is 5.60 Å². The standard InChI is InChI=1S/C15H26O4/c1-5-6-12(16)13-8-7-11(10-18-13)9-14(17)19-15(2,3)4/h11,13H,5-10H2,1-4H3/t11-,13-/m0/s1. The van der Waals surface area contributed by atoms with Gasteiger partial charge in [0.2, 0.25) is 0 Å². The molecular formula is C15H26O4. The third-order valence-corrected chi connectivity index (χ3v) is 3.10. The zero-order valence-electron chi connectivity index (χ0n) is 12.5. The fourth-order valence-electron chi connectivity index (χ4n) is 2.25. The molecule has 19 heavy (non-hydrogen) atoms. The van der Waals surface area contributed by atoms with Gasteiger partial charge in [0.05, 0.1) is 13.0 Å². The van der Waals surface area contributed by atoms with Crippen LogP contribution < -0.4 is 0 Å². The van der Waals surface area contributed by atoms with E-state index in [4.69, 9.17) is 9.47 Å². The number of ketones is 1. The Balaban J connectivity index is 2.30. The first-order chi connectivity index (χ1) is 8.81. The van der Waals surface area contributed by atoms with Crippen LogP contribution in [0.4, 0.5) is 0 Å². The maximum absolute atomic E-state index is 11.7. The van der Waals surface area contributed by atoms with E-state index in [1.54, 1.807) is 0 Å². The lowest BCUT2D eigenvalue weighted by Crippen LogP contribution is -2.34. The molecule has 1 saturated heterocycles. The third kappa shape index (κ3) is 6.19. The van der Waals surface area contributed by atoms with Crippen LogP contribution in [0.2, 0.25) is 0 Å². The fourth-order valence-corrected chi connectivity index (χ4v) is 2.25. The van der Waals surface area contributed by atoms with Crippen LogP contribution in [-0.2, 0) is 19.1 Å². The van der Waals surface area contributed by atoms with Gasteiger partial charge in [0.25, 0.3) is 0 Å². The number of esters is 1. The first-order valence-electron chi connectivity index (χ1n) is 7.18. The van der Waals surface area contributed by atoms with Gasteiger partial charge >= 0.3 is 5.97 Å². The molecule has 1 fully saturated rings. The average molecular weight is 270 g/mol. The molecule has 0 N–H and O–H groups in total. The van der Waals surface area contributed by atoms with E-state index in [2.05, 4.69) is 0 Å². The second-order valence-electron chi connectivity index (χ2n) is 6.27. The molecule has 1 heterocycles. The van der Waals surface area contributed by atoms with E-state index >= 15 is 0 Å². The van der Waals surface area contributed by atoms with E-state index in [0.717, 1.165) is 19.3 Å². The van der Waals surface area contributed by atoms with Crippen molar-refractivity contribution >= 4 is 11.8 Å². The number of carbonyl (C=O) groups is 2. The molecule has 4 heteroatoms. The number of hydrogen-bond acceptors (Lipinski definition) is 4. The molecule has 0 aliphatic carbocycles. The number of ether oxygens (including phenoxy) is 2. The van der Waals surface area contributed by atoms with Gasteiger partial charge in [-0.05, 0) is 46.0 Å². The fraction of sp³-hybridized carbons (Fsp3) is 0.867. The molecule has 0 radical (unpaired) electrons. The minimum atomic E-state index is -0.438. The summed E-state index contributed by atoms with van der Waals surface area (Å²) in [7, 11) is 0. The molecule has 0 bridgehead atoms. The minimum absolute atomic E-state index is 0.181. The van der Waals surface area contributed by atoms with Crippen LogP contribution in [0.1, 0.15) is 59.8 Å². The van der Waals surface area contributed by atoms with Crippen LogP contribution in [0.5, 0.6) is 0 Å². The molecule has 0 unspecified atom stereocenters. The Bertz CT molecular complexity index is 309. The summed E-state index contributed by atoms with van der Waals surface area (Å²) in [6.07, 6.45) is 3.16. The lowest BCUT2D eigenvalue weighted by molar-refractivity contribution is -0.158. The maximum atomic E-state index is 11.7. The van der Waals surface area contributed by atoms with Crippen molar-refractivity contribution in [2.75, 3.05) is 6.61 Å². The molecule has 0 saturated carbocycles. The quantitative estimate of drug-likeness (QED) is 0.721.